The Hall–Kier alpha value is -3.84. The van der Waals surface area contributed by atoms with Crippen molar-refractivity contribution in [1.82, 2.24) is 0 Å². The highest BCUT2D eigenvalue weighted by Crippen LogP contribution is 2.39. The lowest BCUT2D eigenvalue weighted by Gasteiger charge is -2.18. The van der Waals surface area contributed by atoms with Gasteiger partial charge in [-0.25, -0.2) is 4.79 Å². The van der Waals surface area contributed by atoms with Gasteiger partial charge in [-0.2, -0.15) is 16.8 Å². The van der Waals surface area contributed by atoms with E-state index in [9.17, 15) is 40.6 Å². The molecule has 4 rings (SSSR count). The lowest BCUT2D eigenvalue weighted by atomic mass is 9.84. The van der Waals surface area contributed by atoms with Crippen molar-refractivity contribution in [2.75, 3.05) is 0 Å². The average molecular weight is 517 g/mol. The van der Waals surface area contributed by atoms with Gasteiger partial charge in [-0.15, -0.1) is 0 Å². The Morgan fingerprint density at radius 1 is 0.829 bits per heavy atom. The number of rotatable bonds is 6. The number of fused-ring (bicyclic) bond motifs is 1. The number of carbonyl (C=O) groups is 1. The second-order valence-corrected chi connectivity index (χ2v) is 10.3. The minimum Gasteiger partial charge on any atom is -0.507 e. The van der Waals surface area contributed by atoms with Gasteiger partial charge in [0.25, 0.3) is 20.2 Å². The van der Waals surface area contributed by atoms with Gasteiger partial charge < -0.3 is 9.52 Å². The Morgan fingerprint density at radius 3 is 1.94 bits per heavy atom. The van der Waals surface area contributed by atoms with E-state index in [4.69, 9.17) is 4.42 Å². The van der Waals surface area contributed by atoms with Gasteiger partial charge in [-0.05, 0) is 17.7 Å². The fourth-order valence-electron chi connectivity index (χ4n) is 3.71. The summed E-state index contributed by atoms with van der Waals surface area (Å²) in [6.07, 6.45) is 0. The lowest BCUT2D eigenvalue weighted by Crippen LogP contribution is -2.22. The van der Waals surface area contributed by atoms with Crippen molar-refractivity contribution in [2.45, 2.75) is 15.7 Å². The number of aromatic hydroxyl groups is 1. The predicted molar refractivity (Wildman–Crippen MR) is 123 cm³/mol. The Balaban J connectivity index is 2.12. The molecule has 1 heterocycles. The van der Waals surface area contributed by atoms with Crippen LogP contribution in [0.2, 0.25) is 0 Å². The zero-order valence-corrected chi connectivity index (χ0v) is 19.2. The van der Waals surface area contributed by atoms with Crippen LogP contribution < -0.4 is 5.63 Å². The molecule has 12 heteroatoms. The molecule has 3 aromatic carbocycles. The van der Waals surface area contributed by atoms with Crippen LogP contribution >= 0.6 is 0 Å². The number of hydrogen-bond acceptors (Lipinski definition) is 8. The standard InChI is InChI=1S/C23H16O10S2/c24-20(14-9-5-2-6-10-14)18(13-7-3-1-4-8-13)19-21(25)16-11-15(34(27,28)29)12-17(35(30,31)32)22(16)33-23(19)26/h1-12,18,25H,(H,27,28,29)(H,30,31,32). The summed E-state index contributed by atoms with van der Waals surface area (Å²) in [7, 11) is -10.2. The second-order valence-electron chi connectivity index (χ2n) is 7.47. The second kappa shape index (κ2) is 8.74. The summed E-state index contributed by atoms with van der Waals surface area (Å²) in [6.45, 7) is 0. The lowest BCUT2D eigenvalue weighted by molar-refractivity contribution is 0.0971. The molecular formula is C23H16O10S2. The van der Waals surface area contributed by atoms with E-state index in [0.29, 0.717) is 12.1 Å². The number of Topliss-reactive ketones (excluding diaryl/α,β-unsaturated/α-hetero) is 1. The van der Waals surface area contributed by atoms with Crippen LogP contribution in [0.15, 0.2) is 91.8 Å². The molecule has 1 unspecified atom stereocenters. The van der Waals surface area contributed by atoms with E-state index in [-0.39, 0.29) is 11.1 Å². The van der Waals surface area contributed by atoms with Gasteiger partial charge in [-0.3, -0.25) is 13.9 Å². The summed E-state index contributed by atoms with van der Waals surface area (Å²) in [5.41, 5.74) is -2.27. The van der Waals surface area contributed by atoms with Gasteiger partial charge >= 0.3 is 5.63 Å². The van der Waals surface area contributed by atoms with Crippen molar-refractivity contribution in [2.24, 2.45) is 0 Å². The summed E-state index contributed by atoms with van der Waals surface area (Å²) in [5.74, 6) is -2.99. The molecule has 1 aromatic heterocycles. The van der Waals surface area contributed by atoms with Crippen LogP contribution in [-0.2, 0) is 20.2 Å². The third-order valence-electron chi connectivity index (χ3n) is 5.27. The normalized spacial score (nSPS) is 13.0. The molecule has 0 aliphatic rings. The number of benzene rings is 3. The molecule has 1 atom stereocenters. The van der Waals surface area contributed by atoms with Crippen LogP contribution in [0.4, 0.5) is 0 Å². The maximum atomic E-state index is 13.5. The summed E-state index contributed by atoms with van der Waals surface area (Å²) < 4.78 is 71.3. The Labute approximate surface area is 198 Å². The SMILES string of the molecule is O=C(c1ccccc1)C(c1ccccc1)c1c(O)c2cc(S(=O)(=O)O)cc(S(=O)(=O)O)c2oc1=O. The van der Waals surface area contributed by atoms with Gasteiger partial charge in [0.2, 0.25) is 0 Å². The molecule has 0 aliphatic heterocycles. The van der Waals surface area contributed by atoms with Gasteiger partial charge in [0, 0.05) is 5.56 Å². The van der Waals surface area contributed by atoms with Crippen molar-refractivity contribution < 1.29 is 40.3 Å². The fourth-order valence-corrected chi connectivity index (χ4v) is 4.98. The van der Waals surface area contributed by atoms with Crippen LogP contribution in [0, 0.1) is 0 Å². The Bertz CT molecular complexity index is 1720. The van der Waals surface area contributed by atoms with Crippen molar-refractivity contribution in [3.05, 3.63) is 99.9 Å². The average Bonchev–Trinajstić information content (AvgIpc) is 2.80. The third kappa shape index (κ3) is 4.59. The zero-order valence-electron chi connectivity index (χ0n) is 17.5. The van der Waals surface area contributed by atoms with Crippen molar-refractivity contribution >= 4 is 37.0 Å². The molecule has 0 fully saturated rings. The first-order valence-corrected chi connectivity index (χ1v) is 12.7. The Kier molecular flexibility index (Phi) is 6.07. The van der Waals surface area contributed by atoms with E-state index in [1.165, 1.54) is 24.3 Å². The molecule has 4 aromatic rings. The van der Waals surface area contributed by atoms with Crippen molar-refractivity contribution in [3.8, 4) is 5.75 Å². The minimum atomic E-state index is -5.18. The molecule has 0 saturated carbocycles. The molecule has 180 valence electrons. The smallest absolute Gasteiger partial charge is 0.344 e. The van der Waals surface area contributed by atoms with E-state index in [1.54, 1.807) is 36.4 Å². The minimum absolute atomic E-state index is 0.186. The van der Waals surface area contributed by atoms with Crippen LogP contribution in [0.1, 0.15) is 27.4 Å². The molecule has 0 amide bonds. The van der Waals surface area contributed by atoms with Crippen molar-refractivity contribution in [3.63, 3.8) is 0 Å². The van der Waals surface area contributed by atoms with Crippen LogP contribution in [0.3, 0.4) is 0 Å². The van der Waals surface area contributed by atoms with E-state index in [1.807, 2.05) is 0 Å². The topological polar surface area (TPSA) is 176 Å². The highest BCUT2D eigenvalue weighted by molar-refractivity contribution is 7.86. The molecular weight excluding hydrogens is 500 g/mol. The van der Waals surface area contributed by atoms with Gasteiger partial charge in [0.15, 0.2) is 11.4 Å². The molecule has 0 bridgehead atoms. The largest absolute Gasteiger partial charge is 0.507 e. The first-order chi connectivity index (χ1) is 16.4. The van der Waals surface area contributed by atoms with Crippen LogP contribution in [-0.4, -0.2) is 36.8 Å². The highest BCUT2D eigenvalue weighted by Gasteiger charge is 2.33. The molecule has 0 radical (unpaired) electrons. The number of hydrogen-bond donors (Lipinski definition) is 3. The molecule has 0 spiro atoms. The van der Waals surface area contributed by atoms with Crippen LogP contribution in [0.5, 0.6) is 5.75 Å². The van der Waals surface area contributed by atoms with Gasteiger partial charge in [-0.1, -0.05) is 60.7 Å². The van der Waals surface area contributed by atoms with E-state index >= 15 is 0 Å². The van der Waals surface area contributed by atoms with Gasteiger partial charge in [0.1, 0.15) is 10.6 Å². The molecule has 10 nitrogen and oxygen atoms in total. The predicted octanol–water partition coefficient (Wildman–Crippen LogP) is 3.01. The van der Waals surface area contributed by atoms with Gasteiger partial charge in [0.05, 0.1) is 21.8 Å². The highest BCUT2D eigenvalue weighted by atomic mass is 32.2. The maximum Gasteiger partial charge on any atom is 0.344 e. The monoisotopic (exact) mass is 516 g/mol. The summed E-state index contributed by atoms with van der Waals surface area (Å²) >= 11 is 0. The number of ketones is 1. The number of carbonyl (C=O) groups excluding carboxylic acids is 1. The summed E-state index contributed by atoms with van der Waals surface area (Å²) in [4.78, 5) is 24.3. The molecule has 35 heavy (non-hydrogen) atoms. The van der Waals surface area contributed by atoms with Crippen molar-refractivity contribution in [1.29, 1.82) is 0 Å². The zero-order chi connectivity index (χ0) is 25.5. The first kappa shape index (κ1) is 24.3. The summed E-state index contributed by atoms with van der Waals surface area (Å²) in [6, 6.07) is 16.8. The van der Waals surface area contributed by atoms with E-state index in [2.05, 4.69) is 0 Å². The molecule has 3 N–H and O–H groups in total. The molecule has 0 saturated heterocycles. The molecule has 0 aliphatic carbocycles. The van der Waals surface area contributed by atoms with Crippen LogP contribution in [0.25, 0.3) is 11.0 Å². The van der Waals surface area contributed by atoms with E-state index < -0.39 is 69.6 Å². The Morgan fingerprint density at radius 2 is 1.40 bits per heavy atom. The fraction of sp³-hybridized carbons (Fsp3) is 0.0435. The third-order valence-corrected chi connectivity index (χ3v) is 6.96. The quantitative estimate of drug-likeness (QED) is 0.196. The maximum absolute atomic E-state index is 13.5. The summed E-state index contributed by atoms with van der Waals surface area (Å²) in [5, 5.41) is 10.4. The van der Waals surface area contributed by atoms with E-state index in [0.717, 1.165) is 0 Å². The first-order valence-electron chi connectivity index (χ1n) is 9.82.